The van der Waals surface area contributed by atoms with Gasteiger partial charge in [0.25, 0.3) is 5.91 Å². The van der Waals surface area contributed by atoms with E-state index in [2.05, 4.69) is 22.6 Å². The Kier molecular flexibility index (Phi) is 6.45. The molecule has 1 heterocycles. The first-order valence-electron chi connectivity index (χ1n) is 9.39. The van der Waals surface area contributed by atoms with Crippen molar-refractivity contribution in [1.29, 1.82) is 0 Å². The number of rotatable bonds is 6. The molecule has 154 valence electrons. The second-order valence-corrected chi connectivity index (χ2v) is 10.3. The number of carbonyl (C=O) groups is 2. The van der Waals surface area contributed by atoms with E-state index in [-0.39, 0.29) is 11.3 Å². The molecule has 0 saturated carbocycles. The minimum atomic E-state index is -3.95. The largest absolute Gasteiger partial charge is 0.274 e. The van der Waals surface area contributed by atoms with Gasteiger partial charge in [-0.1, -0.05) is 24.6 Å². The molecule has 2 amide bonds. The van der Waals surface area contributed by atoms with Gasteiger partial charge in [-0.2, -0.15) is 4.31 Å². The number of anilines is 1. The molecule has 0 radical (unpaired) electrons. The topological polar surface area (TPSA) is 74.8 Å². The van der Waals surface area contributed by atoms with Gasteiger partial charge < -0.3 is 0 Å². The van der Waals surface area contributed by atoms with Gasteiger partial charge in [0.1, 0.15) is 6.04 Å². The summed E-state index contributed by atoms with van der Waals surface area (Å²) in [5.41, 5.74) is 1.40. The first-order chi connectivity index (χ1) is 13.7. The lowest BCUT2D eigenvalue weighted by atomic mass is 10.2. The fourth-order valence-electron chi connectivity index (χ4n) is 3.40. The van der Waals surface area contributed by atoms with E-state index in [1.807, 2.05) is 13.8 Å². The summed E-state index contributed by atoms with van der Waals surface area (Å²) < 4.78 is 29.0. The number of amides is 2. The summed E-state index contributed by atoms with van der Waals surface area (Å²) in [6.07, 6.45) is 0.354. The Bertz CT molecular complexity index is 1020. The van der Waals surface area contributed by atoms with Crippen molar-refractivity contribution in [3.8, 4) is 0 Å². The van der Waals surface area contributed by atoms with Crippen molar-refractivity contribution in [3.63, 3.8) is 0 Å². The van der Waals surface area contributed by atoms with Crippen LogP contribution in [0.2, 0.25) is 0 Å². The van der Waals surface area contributed by atoms with Crippen LogP contribution in [0.15, 0.2) is 53.4 Å². The van der Waals surface area contributed by atoms with E-state index in [9.17, 15) is 18.0 Å². The molecule has 0 N–H and O–H groups in total. The molecule has 0 aliphatic carbocycles. The monoisotopic (exact) mass is 526 g/mol. The van der Waals surface area contributed by atoms with Crippen molar-refractivity contribution < 1.29 is 18.0 Å². The van der Waals surface area contributed by atoms with Crippen LogP contribution in [0.25, 0.3) is 0 Å². The van der Waals surface area contributed by atoms with Crippen LogP contribution in [0.3, 0.4) is 0 Å². The van der Waals surface area contributed by atoms with E-state index in [0.717, 1.165) is 14.0 Å². The van der Waals surface area contributed by atoms with Crippen molar-refractivity contribution in [1.82, 2.24) is 4.31 Å². The van der Waals surface area contributed by atoms with Gasteiger partial charge in [0.2, 0.25) is 15.9 Å². The maximum atomic E-state index is 13.4. The number of sulfonamides is 1. The predicted octanol–water partition coefficient (Wildman–Crippen LogP) is 3.72. The van der Waals surface area contributed by atoms with Gasteiger partial charge in [0.05, 0.1) is 17.0 Å². The van der Waals surface area contributed by atoms with Crippen molar-refractivity contribution >= 4 is 50.1 Å². The Balaban J connectivity index is 2.01. The van der Waals surface area contributed by atoms with E-state index in [1.54, 1.807) is 43.3 Å². The van der Waals surface area contributed by atoms with Crippen LogP contribution in [0.5, 0.6) is 0 Å². The molecule has 0 spiro atoms. The number of hydrogen-bond acceptors (Lipinski definition) is 4. The van der Waals surface area contributed by atoms with Crippen LogP contribution in [-0.2, 0) is 19.6 Å². The third kappa shape index (κ3) is 4.24. The molecular formula is C21H23IN2O4S. The van der Waals surface area contributed by atoms with E-state index in [4.69, 9.17) is 0 Å². The number of halogens is 1. The lowest BCUT2D eigenvalue weighted by molar-refractivity contribution is -0.122. The molecule has 8 heteroatoms. The molecule has 1 fully saturated rings. The Morgan fingerprint density at radius 1 is 1.10 bits per heavy atom. The van der Waals surface area contributed by atoms with E-state index in [1.165, 1.54) is 16.4 Å². The predicted molar refractivity (Wildman–Crippen MR) is 120 cm³/mol. The normalized spacial score (nSPS) is 18.5. The van der Waals surface area contributed by atoms with E-state index < -0.39 is 33.9 Å². The summed E-state index contributed by atoms with van der Waals surface area (Å²) in [7, 11) is -3.95. The summed E-state index contributed by atoms with van der Waals surface area (Å²) in [5.74, 6) is -0.902. The van der Waals surface area contributed by atoms with Gasteiger partial charge in [-0.15, -0.1) is 0 Å². The van der Waals surface area contributed by atoms with Crippen molar-refractivity contribution in [2.24, 2.45) is 0 Å². The third-order valence-electron chi connectivity index (χ3n) is 5.14. The fraction of sp³-hybridized carbons (Fsp3) is 0.333. The Morgan fingerprint density at radius 2 is 1.69 bits per heavy atom. The molecule has 1 saturated heterocycles. The Hall–Kier alpha value is -1.78. The average molecular weight is 526 g/mol. The highest BCUT2D eigenvalue weighted by Crippen LogP contribution is 2.31. The minimum Gasteiger partial charge on any atom is -0.274 e. The molecule has 1 aliphatic heterocycles. The number of nitrogens with zero attached hydrogens (tertiary/aromatic N) is 2. The Labute approximate surface area is 185 Å². The van der Waals surface area contributed by atoms with Crippen molar-refractivity contribution in [3.05, 3.63) is 57.7 Å². The molecule has 6 nitrogen and oxygen atoms in total. The van der Waals surface area contributed by atoms with Crippen LogP contribution in [-0.4, -0.2) is 36.6 Å². The SMILES string of the molecule is CCC(C)N(C1CC(=O)N(c2ccc(I)cc2)C1=O)S(=O)(=O)c1ccc(C)cc1. The van der Waals surface area contributed by atoms with Gasteiger partial charge in [-0.25, -0.2) is 13.3 Å². The highest BCUT2D eigenvalue weighted by molar-refractivity contribution is 14.1. The van der Waals surface area contributed by atoms with Gasteiger partial charge in [-0.05, 0) is 79.3 Å². The fourth-order valence-corrected chi connectivity index (χ4v) is 5.61. The number of hydrogen-bond donors (Lipinski definition) is 0. The van der Waals surface area contributed by atoms with Gasteiger partial charge in [0.15, 0.2) is 0 Å². The van der Waals surface area contributed by atoms with Gasteiger partial charge >= 0.3 is 0 Å². The second kappa shape index (κ2) is 8.53. The van der Waals surface area contributed by atoms with E-state index >= 15 is 0 Å². The molecule has 2 unspecified atom stereocenters. The van der Waals surface area contributed by atoms with Crippen LogP contribution in [0, 0.1) is 10.5 Å². The highest BCUT2D eigenvalue weighted by atomic mass is 127. The second-order valence-electron chi connectivity index (χ2n) is 7.17. The first kappa shape index (κ1) is 21.9. The van der Waals surface area contributed by atoms with Crippen LogP contribution in [0.4, 0.5) is 5.69 Å². The maximum Gasteiger partial charge on any atom is 0.252 e. The number of aryl methyl sites for hydroxylation is 1. The minimum absolute atomic E-state index is 0.122. The standard InChI is InChI=1S/C21H23IN2O4S/c1-4-15(3)24(29(27,28)18-11-5-14(2)6-12-18)19-13-20(25)23(21(19)26)17-9-7-16(22)8-10-17/h5-12,15,19H,4,13H2,1-3H3. The van der Waals surface area contributed by atoms with Gasteiger partial charge in [0, 0.05) is 9.61 Å². The van der Waals surface area contributed by atoms with E-state index in [0.29, 0.717) is 12.1 Å². The Morgan fingerprint density at radius 3 is 2.24 bits per heavy atom. The van der Waals surface area contributed by atoms with Crippen molar-refractivity contribution in [2.45, 2.75) is 50.6 Å². The zero-order chi connectivity index (χ0) is 21.3. The maximum absolute atomic E-state index is 13.4. The summed E-state index contributed by atoms with van der Waals surface area (Å²) in [6.45, 7) is 5.50. The number of imide groups is 1. The molecule has 2 atom stereocenters. The summed E-state index contributed by atoms with van der Waals surface area (Å²) in [5, 5.41) is 0. The zero-order valence-corrected chi connectivity index (χ0v) is 19.5. The molecule has 1 aliphatic rings. The molecule has 2 aromatic carbocycles. The smallest absolute Gasteiger partial charge is 0.252 e. The molecule has 3 rings (SSSR count). The van der Waals surface area contributed by atoms with Crippen molar-refractivity contribution in [2.75, 3.05) is 4.90 Å². The van der Waals surface area contributed by atoms with Crippen LogP contribution in [0.1, 0.15) is 32.3 Å². The summed E-state index contributed by atoms with van der Waals surface area (Å²) in [6, 6.07) is 12.0. The average Bonchev–Trinajstić information content (AvgIpc) is 2.96. The zero-order valence-electron chi connectivity index (χ0n) is 16.5. The molecule has 2 aromatic rings. The van der Waals surface area contributed by atoms with Crippen LogP contribution < -0.4 is 4.90 Å². The summed E-state index contributed by atoms with van der Waals surface area (Å²) >= 11 is 2.14. The first-order valence-corrected chi connectivity index (χ1v) is 11.9. The third-order valence-corrected chi connectivity index (χ3v) is 7.89. The molecular weight excluding hydrogens is 503 g/mol. The highest BCUT2D eigenvalue weighted by Gasteiger charge is 2.48. The molecule has 29 heavy (non-hydrogen) atoms. The van der Waals surface area contributed by atoms with Crippen LogP contribution >= 0.6 is 22.6 Å². The number of carbonyl (C=O) groups excluding carboxylic acids is 2. The summed E-state index contributed by atoms with van der Waals surface area (Å²) in [4.78, 5) is 27.1. The lowest BCUT2D eigenvalue weighted by Gasteiger charge is -2.31. The lowest BCUT2D eigenvalue weighted by Crippen LogP contribution is -2.49. The van der Waals surface area contributed by atoms with Gasteiger partial charge in [-0.3, -0.25) is 9.59 Å². The quantitative estimate of drug-likeness (QED) is 0.425. The molecule has 0 bridgehead atoms. The molecule has 0 aromatic heterocycles. The number of benzene rings is 2.